The van der Waals surface area contributed by atoms with Gasteiger partial charge in [-0.1, -0.05) is 61.2 Å². The Morgan fingerprint density at radius 1 is 1.00 bits per heavy atom. The first kappa shape index (κ1) is 20.6. The average Bonchev–Trinajstić information content (AvgIpc) is 3.08. The largest absolute Gasteiger partial charge is 0.421 e. The molecule has 0 aromatic heterocycles. The molecule has 2 aromatic carbocycles. The fraction of sp³-hybridized carbons (Fsp3) is 0.375. The highest BCUT2D eigenvalue weighted by Crippen LogP contribution is 2.37. The number of rotatable bonds is 6. The van der Waals surface area contributed by atoms with Gasteiger partial charge in [-0.25, -0.2) is 4.79 Å². The molecule has 156 valence electrons. The summed E-state index contributed by atoms with van der Waals surface area (Å²) in [7, 11) is 0. The number of ether oxygens (including phenoxy) is 2. The third-order valence-electron chi connectivity index (χ3n) is 5.81. The summed E-state index contributed by atoms with van der Waals surface area (Å²) in [5.41, 5.74) is 2.50. The fourth-order valence-electron chi connectivity index (χ4n) is 4.18. The van der Waals surface area contributed by atoms with E-state index in [2.05, 4.69) is 0 Å². The highest BCUT2D eigenvalue weighted by molar-refractivity contribution is 6.31. The Bertz CT molecular complexity index is 977. The van der Waals surface area contributed by atoms with Gasteiger partial charge in [0.1, 0.15) is 0 Å². The van der Waals surface area contributed by atoms with Gasteiger partial charge in [0.05, 0.1) is 12.0 Å². The molecule has 0 radical (unpaired) electrons. The van der Waals surface area contributed by atoms with Crippen LogP contribution in [0.2, 0.25) is 5.02 Å². The van der Waals surface area contributed by atoms with Gasteiger partial charge < -0.3 is 9.47 Å². The summed E-state index contributed by atoms with van der Waals surface area (Å²) in [6, 6.07) is 12.2. The van der Waals surface area contributed by atoms with Crippen LogP contribution in [-0.2, 0) is 14.3 Å². The number of cyclic esters (lactones) is 1. The van der Waals surface area contributed by atoms with Crippen molar-refractivity contribution in [3.63, 3.8) is 0 Å². The molecule has 5 nitrogen and oxygen atoms in total. The third kappa shape index (κ3) is 4.41. The Morgan fingerprint density at radius 3 is 2.53 bits per heavy atom. The molecule has 0 saturated heterocycles. The van der Waals surface area contributed by atoms with Gasteiger partial charge >= 0.3 is 11.9 Å². The smallest absolute Gasteiger partial charge is 0.342 e. The minimum absolute atomic E-state index is 0.000249. The molecule has 1 unspecified atom stereocenters. The number of ketones is 1. The molecule has 1 aliphatic carbocycles. The topological polar surface area (TPSA) is 69.7 Å². The van der Waals surface area contributed by atoms with E-state index in [0.29, 0.717) is 27.6 Å². The average molecular weight is 427 g/mol. The summed E-state index contributed by atoms with van der Waals surface area (Å²) in [5, 5.41) is 0.616. The van der Waals surface area contributed by atoms with Crippen LogP contribution in [0.3, 0.4) is 0 Å². The van der Waals surface area contributed by atoms with Gasteiger partial charge in [-0.3, -0.25) is 9.59 Å². The van der Waals surface area contributed by atoms with E-state index in [0.717, 1.165) is 18.4 Å². The van der Waals surface area contributed by atoms with Crippen LogP contribution in [0.15, 0.2) is 42.5 Å². The molecule has 0 spiro atoms. The lowest BCUT2D eigenvalue weighted by Gasteiger charge is -2.23. The maximum atomic E-state index is 12.5. The Morgan fingerprint density at radius 2 is 1.77 bits per heavy atom. The minimum Gasteiger partial charge on any atom is -0.421 e. The Labute approximate surface area is 180 Å². The van der Waals surface area contributed by atoms with E-state index in [1.807, 2.05) is 6.07 Å². The summed E-state index contributed by atoms with van der Waals surface area (Å²) in [6.45, 7) is 0. The monoisotopic (exact) mass is 426 g/mol. The van der Waals surface area contributed by atoms with Gasteiger partial charge in [-0.05, 0) is 36.5 Å². The lowest BCUT2D eigenvalue weighted by atomic mass is 9.83. The summed E-state index contributed by atoms with van der Waals surface area (Å²) in [4.78, 5) is 36.5. The standard InChI is InChI=1S/C24H23ClO5/c25-20-14-16(10-11-17(20)15-6-2-1-3-7-15)21(26)12-13-22(27)29-24-19-9-5-4-8-18(19)23(28)30-24/h4-5,8-11,14-15,24H,1-3,6-7,12-13H2. The minimum atomic E-state index is -1.06. The second-order valence-corrected chi connectivity index (χ2v) is 8.22. The Kier molecular flexibility index (Phi) is 6.18. The maximum Gasteiger partial charge on any atom is 0.342 e. The van der Waals surface area contributed by atoms with Gasteiger partial charge in [0, 0.05) is 22.6 Å². The van der Waals surface area contributed by atoms with Gasteiger partial charge in [-0.2, -0.15) is 0 Å². The van der Waals surface area contributed by atoms with Crippen LogP contribution >= 0.6 is 11.6 Å². The second-order valence-electron chi connectivity index (χ2n) is 7.81. The van der Waals surface area contributed by atoms with Crippen molar-refractivity contribution < 1.29 is 23.9 Å². The molecule has 0 amide bonds. The molecule has 1 atom stereocenters. The molecule has 1 aliphatic heterocycles. The number of hydrogen-bond donors (Lipinski definition) is 0. The van der Waals surface area contributed by atoms with Crippen LogP contribution < -0.4 is 0 Å². The first-order chi connectivity index (χ1) is 14.5. The number of esters is 2. The van der Waals surface area contributed by atoms with Crippen LogP contribution in [0.5, 0.6) is 0 Å². The lowest BCUT2D eigenvalue weighted by molar-refractivity contribution is -0.167. The van der Waals surface area contributed by atoms with E-state index in [9.17, 15) is 14.4 Å². The number of fused-ring (bicyclic) bond motifs is 1. The zero-order valence-corrected chi connectivity index (χ0v) is 17.3. The van der Waals surface area contributed by atoms with Crippen LogP contribution in [0.4, 0.5) is 0 Å². The quantitative estimate of drug-likeness (QED) is 0.433. The van der Waals surface area contributed by atoms with E-state index in [4.69, 9.17) is 21.1 Å². The van der Waals surface area contributed by atoms with Crippen molar-refractivity contribution in [1.29, 1.82) is 0 Å². The molecule has 0 bridgehead atoms. The SMILES string of the molecule is O=C(CCC(=O)c1ccc(C2CCCCC2)c(Cl)c1)OC1OC(=O)c2ccccc21. The molecule has 6 heteroatoms. The normalized spacial score (nSPS) is 18.6. The van der Waals surface area contributed by atoms with Crippen LogP contribution in [0, 0.1) is 0 Å². The summed E-state index contributed by atoms with van der Waals surface area (Å²) >= 11 is 6.45. The molecule has 0 N–H and O–H groups in total. The van der Waals surface area contributed by atoms with Gasteiger partial charge in [-0.15, -0.1) is 0 Å². The third-order valence-corrected chi connectivity index (χ3v) is 6.14. The van der Waals surface area contributed by atoms with Crippen molar-refractivity contribution in [3.8, 4) is 0 Å². The Balaban J connectivity index is 1.33. The molecule has 2 aliphatic rings. The maximum absolute atomic E-state index is 12.5. The highest BCUT2D eigenvalue weighted by atomic mass is 35.5. The van der Waals surface area contributed by atoms with Crippen molar-refractivity contribution in [2.45, 2.75) is 57.2 Å². The summed E-state index contributed by atoms with van der Waals surface area (Å²) < 4.78 is 10.4. The van der Waals surface area contributed by atoms with Crippen LogP contribution in [-0.4, -0.2) is 17.7 Å². The van der Waals surface area contributed by atoms with Gasteiger partial charge in [0.15, 0.2) is 5.78 Å². The zero-order chi connectivity index (χ0) is 21.1. The van der Waals surface area contributed by atoms with Crippen LogP contribution in [0.1, 0.15) is 89.0 Å². The predicted molar refractivity (Wildman–Crippen MR) is 112 cm³/mol. The van der Waals surface area contributed by atoms with Crippen molar-refractivity contribution in [3.05, 3.63) is 69.7 Å². The predicted octanol–water partition coefficient (Wildman–Crippen LogP) is 5.76. The zero-order valence-electron chi connectivity index (χ0n) is 16.6. The van der Waals surface area contributed by atoms with E-state index in [1.54, 1.807) is 36.4 Å². The van der Waals surface area contributed by atoms with Crippen molar-refractivity contribution in [2.75, 3.05) is 0 Å². The number of halogens is 1. The summed E-state index contributed by atoms with van der Waals surface area (Å²) in [6.07, 6.45) is 4.81. The first-order valence-electron chi connectivity index (χ1n) is 10.3. The van der Waals surface area contributed by atoms with E-state index in [1.165, 1.54) is 19.3 Å². The van der Waals surface area contributed by atoms with Gasteiger partial charge in [0.25, 0.3) is 6.29 Å². The molecule has 4 rings (SSSR count). The second kappa shape index (κ2) is 9.00. The molecule has 1 saturated carbocycles. The fourth-order valence-corrected chi connectivity index (χ4v) is 4.52. The first-order valence-corrected chi connectivity index (χ1v) is 10.7. The summed E-state index contributed by atoms with van der Waals surface area (Å²) in [5.74, 6) is -0.829. The number of carbonyl (C=O) groups is 3. The number of Topliss-reactive ketones (excluding diaryl/α,β-unsaturated/α-hetero) is 1. The van der Waals surface area contributed by atoms with Crippen molar-refractivity contribution in [2.24, 2.45) is 0 Å². The molecule has 30 heavy (non-hydrogen) atoms. The molecule has 1 heterocycles. The molecular weight excluding hydrogens is 404 g/mol. The van der Waals surface area contributed by atoms with Crippen molar-refractivity contribution >= 4 is 29.3 Å². The van der Waals surface area contributed by atoms with E-state index >= 15 is 0 Å². The molecule has 2 aromatic rings. The molecular formula is C24H23ClO5. The van der Waals surface area contributed by atoms with E-state index < -0.39 is 18.2 Å². The Hall–Kier alpha value is -2.66. The number of hydrogen-bond acceptors (Lipinski definition) is 5. The van der Waals surface area contributed by atoms with Crippen LogP contribution in [0.25, 0.3) is 0 Å². The van der Waals surface area contributed by atoms with E-state index in [-0.39, 0.29) is 18.6 Å². The molecule has 1 fully saturated rings. The number of benzene rings is 2. The highest BCUT2D eigenvalue weighted by Gasteiger charge is 2.33. The van der Waals surface area contributed by atoms with Gasteiger partial charge in [0.2, 0.25) is 0 Å². The lowest BCUT2D eigenvalue weighted by Crippen LogP contribution is -2.13. The number of carbonyl (C=O) groups excluding carboxylic acids is 3. The van der Waals surface area contributed by atoms with Crippen molar-refractivity contribution in [1.82, 2.24) is 0 Å².